The Bertz CT molecular complexity index is 555. The number of aromatic nitrogens is 2. The van der Waals surface area contributed by atoms with Gasteiger partial charge in [0.1, 0.15) is 11.6 Å². The van der Waals surface area contributed by atoms with E-state index in [1.807, 2.05) is 0 Å². The number of carbonyl (C=O) groups is 1. The first-order chi connectivity index (χ1) is 8.31. The van der Waals surface area contributed by atoms with Gasteiger partial charge in [-0.05, 0) is 11.4 Å². The van der Waals surface area contributed by atoms with E-state index in [4.69, 9.17) is 5.26 Å². The summed E-state index contributed by atoms with van der Waals surface area (Å²) in [5, 5.41) is 25.5. The molecule has 0 fully saturated rings. The summed E-state index contributed by atoms with van der Waals surface area (Å²) >= 11 is 2.45. The lowest BCUT2D eigenvalue weighted by atomic mass is 10.2. The highest BCUT2D eigenvalue weighted by atomic mass is 32.1. The number of hydrogen-bond acceptors (Lipinski definition) is 8. The van der Waals surface area contributed by atoms with Crippen LogP contribution in [-0.2, 0) is 0 Å². The molecule has 84 valence electrons. The lowest BCUT2D eigenvalue weighted by Crippen LogP contribution is -2.14. The summed E-state index contributed by atoms with van der Waals surface area (Å²) in [6, 6.07) is 4.07. The lowest BCUT2D eigenvalue weighted by molar-refractivity contribution is 0.0983. The van der Waals surface area contributed by atoms with Crippen LogP contribution in [0.1, 0.15) is 9.67 Å². The maximum atomic E-state index is 11.8. The second-order valence-corrected chi connectivity index (χ2v) is 4.57. The van der Waals surface area contributed by atoms with Crippen LogP contribution in [-0.4, -0.2) is 22.0 Å². The summed E-state index contributed by atoms with van der Waals surface area (Å²) in [5.74, 6) is -0.351. The summed E-state index contributed by atoms with van der Waals surface area (Å²) in [7, 11) is 0. The second-order valence-electron chi connectivity index (χ2n) is 2.81. The fourth-order valence-corrected chi connectivity index (χ4v) is 2.07. The van der Waals surface area contributed by atoms with Gasteiger partial charge in [-0.25, -0.2) is 0 Å². The molecule has 0 aliphatic rings. The molecule has 0 N–H and O–H groups in total. The van der Waals surface area contributed by atoms with Crippen molar-refractivity contribution in [3.8, 4) is 6.07 Å². The SMILES string of the molecule is N#CC(N=Nc1nncs1)C(=O)c1cccs1. The third kappa shape index (κ3) is 2.77. The van der Waals surface area contributed by atoms with E-state index in [0.717, 1.165) is 0 Å². The Morgan fingerprint density at radius 1 is 1.53 bits per heavy atom. The van der Waals surface area contributed by atoms with Crippen molar-refractivity contribution in [1.82, 2.24) is 10.2 Å². The van der Waals surface area contributed by atoms with Crippen molar-refractivity contribution < 1.29 is 4.79 Å². The van der Waals surface area contributed by atoms with Crippen LogP contribution in [0.5, 0.6) is 0 Å². The molecule has 2 heterocycles. The van der Waals surface area contributed by atoms with Gasteiger partial charge >= 0.3 is 0 Å². The van der Waals surface area contributed by atoms with Gasteiger partial charge in [0.25, 0.3) is 5.13 Å². The summed E-state index contributed by atoms with van der Waals surface area (Å²) < 4.78 is 0. The Morgan fingerprint density at radius 2 is 2.41 bits per heavy atom. The van der Waals surface area contributed by atoms with Crippen molar-refractivity contribution in [3.63, 3.8) is 0 Å². The quantitative estimate of drug-likeness (QED) is 0.625. The zero-order valence-corrected chi connectivity index (χ0v) is 9.98. The summed E-state index contributed by atoms with van der Waals surface area (Å²) in [4.78, 5) is 12.3. The first-order valence-electron chi connectivity index (χ1n) is 4.45. The van der Waals surface area contributed by atoms with Gasteiger partial charge in [-0.15, -0.1) is 26.6 Å². The van der Waals surface area contributed by atoms with E-state index in [1.165, 1.54) is 28.2 Å². The van der Waals surface area contributed by atoms with Gasteiger partial charge in [-0.1, -0.05) is 17.4 Å². The maximum Gasteiger partial charge on any atom is 0.251 e. The van der Waals surface area contributed by atoms with Gasteiger partial charge in [0.2, 0.25) is 11.8 Å². The smallest absolute Gasteiger partial charge is 0.251 e. The fourth-order valence-electron chi connectivity index (χ4n) is 1.01. The van der Waals surface area contributed by atoms with Crippen LogP contribution in [0, 0.1) is 11.3 Å². The zero-order chi connectivity index (χ0) is 12.1. The molecule has 2 aromatic rings. The Balaban J connectivity index is 2.13. The van der Waals surface area contributed by atoms with Crippen molar-refractivity contribution in [3.05, 3.63) is 27.9 Å². The Hall–Kier alpha value is -1.98. The van der Waals surface area contributed by atoms with Crippen molar-refractivity contribution in [2.75, 3.05) is 0 Å². The molecule has 1 atom stereocenters. The van der Waals surface area contributed by atoms with E-state index < -0.39 is 6.04 Å². The van der Waals surface area contributed by atoms with Gasteiger partial charge in [-0.3, -0.25) is 4.79 Å². The van der Waals surface area contributed by atoms with Crippen molar-refractivity contribution >= 4 is 33.6 Å². The Labute approximate surface area is 104 Å². The molecule has 1 unspecified atom stereocenters. The molecule has 17 heavy (non-hydrogen) atoms. The van der Waals surface area contributed by atoms with E-state index in [1.54, 1.807) is 23.6 Å². The number of nitriles is 1. The van der Waals surface area contributed by atoms with Gasteiger partial charge in [0.15, 0.2) is 0 Å². The fraction of sp³-hybridized carbons (Fsp3) is 0.111. The number of carbonyl (C=O) groups excluding carboxylic acids is 1. The molecule has 0 saturated heterocycles. The monoisotopic (exact) mass is 263 g/mol. The molecule has 2 rings (SSSR count). The van der Waals surface area contributed by atoms with Gasteiger partial charge in [-0.2, -0.15) is 10.4 Å². The molecule has 0 spiro atoms. The van der Waals surface area contributed by atoms with E-state index in [0.29, 0.717) is 10.0 Å². The van der Waals surface area contributed by atoms with E-state index in [2.05, 4.69) is 20.4 Å². The number of rotatable bonds is 4. The standard InChI is InChI=1S/C9H5N5OS2/c10-4-6(8(15)7-2-1-3-16-7)12-14-9-13-11-5-17-9/h1-3,5-6H. The normalized spacial score (nSPS) is 12.4. The summed E-state index contributed by atoms with van der Waals surface area (Å²) in [5.41, 5.74) is 1.50. The highest BCUT2D eigenvalue weighted by Gasteiger charge is 2.19. The highest BCUT2D eigenvalue weighted by molar-refractivity contribution is 7.13. The molecule has 0 saturated carbocycles. The zero-order valence-electron chi connectivity index (χ0n) is 8.35. The topological polar surface area (TPSA) is 91.4 Å². The van der Waals surface area contributed by atoms with Crippen LogP contribution in [0.2, 0.25) is 0 Å². The molecular formula is C9H5N5OS2. The number of thiophene rings is 1. The molecule has 0 amide bonds. The third-order valence-corrected chi connectivity index (χ3v) is 3.20. The number of nitrogens with zero attached hydrogens (tertiary/aromatic N) is 5. The average Bonchev–Trinajstić information content (AvgIpc) is 3.02. The minimum absolute atomic E-state index is 0.323. The molecule has 0 aliphatic carbocycles. The van der Waals surface area contributed by atoms with Crippen LogP contribution >= 0.6 is 22.7 Å². The van der Waals surface area contributed by atoms with Crippen LogP contribution < -0.4 is 0 Å². The van der Waals surface area contributed by atoms with Crippen LogP contribution in [0.25, 0.3) is 0 Å². The molecular weight excluding hydrogens is 258 g/mol. The van der Waals surface area contributed by atoms with Crippen LogP contribution in [0.3, 0.4) is 0 Å². The van der Waals surface area contributed by atoms with Crippen LogP contribution in [0.4, 0.5) is 5.13 Å². The van der Waals surface area contributed by atoms with Crippen molar-refractivity contribution in [2.45, 2.75) is 6.04 Å². The minimum atomic E-state index is -1.13. The lowest BCUT2D eigenvalue weighted by Gasteiger charge is -1.97. The number of azo groups is 1. The molecule has 0 bridgehead atoms. The summed E-state index contributed by atoms with van der Waals surface area (Å²) in [6.45, 7) is 0. The maximum absolute atomic E-state index is 11.8. The van der Waals surface area contributed by atoms with E-state index in [-0.39, 0.29) is 5.78 Å². The number of hydrogen-bond donors (Lipinski definition) is 0. The van der Waals surface area contributed by atoms with Gasteiger partial charge < -0.3 is 0 Å². The van der Waals surface area contributed by atoms with Gasteiger partial charge in [0, 0.05) is 0 Å². The van der Waals surface area contributed by atoms with E-state index >= 15 is 0 Å². The average molecular weight is 263 g/mol. The highest BCUT2D eigenvalue weighted by Crippen LogP contribution is 2.16. The van der Waals surface area contributed by atoms with Crippen LogP contribution in [0.15, 0.2) is 33.3 Å². The van der Waals surface area contributed by atoms with Crippen molar-refractivity contribution in [2.24, 2.45) is 10.2 Å². The first-order valence-corrected chi connectivity index (χ1v) is 6.21. The molecule has 0 aliphatic heterocycles. The minimum Gasteiger partial charge on any atom is -0.290 e. The predicted molar refractivity (Wildman–Crippen MR) is 62.5 cm³/mol. The molecule has 6 nitrogen and oxygen atoms in total. The largest absolute Gasteiger partial charge is 0.290 e. The Kier molecular flexibility index (Phi) is 3.64. The van der Waals surface area contributed by atoms with Crippen molar-refractivity contribution in [1.29, 1.82) is 5.26 Å². The predicted octanol–water partition coefficient (Wildman–Crippen LogP) is 2.46. The van der Waals surface area contributed by atoms with E-state index in [9.17, 15) is 4.79 Å². The molecule has 2 aromatic heterocycles. The molecule has 8 heteroatoms. The van der Waals surface area contributed by atoms with Gasteiger partial charge in [0.05, 0.1) is 4.88 Å². The Morgan fingerprint density at radius 3 is 3.00 bits per heavy atom. The number of ketones is 1. The third-order valence-electron chi connectivity index (χ3n) is 1.74. The molecule has 0 radical (unpaired) electrons. The summed E-state index contributed by atoms with van der Waals surface area (Å²) in [6.07, 6.45) is 0. The molecule has 0 aromatic carbocycles. The second kappa shape index (κ2) is 5.38. The first kappa shape index (κ1) is 11.5. The number of Topliss-reactive ketones (excluding diaryl/α,β-unsaturated/α-hetero) is 1.